The maximum absolute atomic E-state index is 11.9. The number of carbonyl (C=O) groups excluding carboxylic acids is 1. The van der Waals surface area contributed by atoms with Crippen molar-refractivity contribution >= 4 is 52.4 Å². The zero-order valence-corrected chi connectivity index (χ0v) is 13.1. The molecule has 0 amide bonds. The van der Waals surface area contributed by atoms with Gasteiger partial charge in [-0.25, -0.2) is 4.79 Å². The van der Waals surface area contributed by atoms with Gasteiger partial charge in [-0.3, -0.25) is 4.98 Å². The van der Waals surface area contributed by atoms with E-state index in [2.05, 4.69) is 4.98 Å². The molecule has 2 aromatic rings. The second-order valence-electron chi connectivity index (χ2n) is 3.76. The van der Waals surface area contributed by atoms with Crippen LogP contribution in [0.1, 0.15) is 10.4 Å². The van der Waals surface area contributed by atoms with Crippen LogP contribution in [-0.2, 0) is 4.74 Å². The molecule has 1 aromatic heterocycles. The highest BCUT2D eigenvalue weighted by Gasteiger charge is 2.21. The number of rotatable bonds is 2. The van der Waals surface area contributed by atoms with Crippen molar-refractivity contribution in [3.05, 3.63) is 50.2 Å². The Morgan fingerprint density at radius 2 is 1.70 bits per heavy atom. The van der Waals surface area contributed by atoms with Gasteiger partial charge in [-0.05, 0) is 6.07 Å². The fraction of sp³-hybridized carbons (Fsp3) is 0.0769. The van der Waals surface area contributed by atoms with E-state index < -0.39 is 5.97 Å². The number of nitrogens with zero attached hydrogens (tertiary/aromatic N) is 1. The molecule has 0 radical (unpaired) electrons. The van der Waals surface area contributed by atoms with Gasteiger partial charge in [-0.2, -0.15) is 0 Å². The van der Waals surface area contributed by atoms with Gasteiger partial charge in [-0.1, -0.05) is 52.5 Å². The summed E-state index contributed by atoms with van der Waals surface area (Å²) >= 11 is 24.1. The maximum atomic E-state index is 11.9. The third kappa shape index (κ3) is 2.72. The Morgan fingerprint density at radius 3 is 2.35 bits per heavy atom. The van der Waals surface area contributed by atoms with Crippen molar-refractivity contribution < 1.29 is 9.53 Å². The second-order valence-corrected chi connectivity index (χ2v) is 5.33. The maximum Gasteiger partial charge on any atom is 0.340 e. The number of methoxy groups -OCH3 is 1. The standard InChI is InChI=1S/C13H7Cl4NO2/c1-20-13(19)10-7(4-18-5-9(10)15)6-2-3-8(14)12(17)11(6)16/h2-5H,1H3. The molecule has 20 heavy (non-hydrogen) atoms. The first kappa shape index (κ1) is 15.4. The first-order chi connectivity index (χ1) is 9.47. The Bertz CT molecular complexity index is 688. The SMILES string of the molecule is COC(=O)c1c(Cl)cncc1-c1ccc(Cl)c(Cl)c1Cl. The van der Waals surface area contributed by atoms with Crippen LogP contribution >= 0.6 is 46.4 Å². The summed E-state index contributed by atoms with van der Waals surface area (Å²) in [6, 6.07) is 3.21. The summed E-state index contributed by atoms with van der Waals surface area (Å²) < 4.78 is 4.72. The van der Waals surface area contributed by atoms with Gasteiger partial charge in [0.2, 0.25) is 0 Å². The topological polar surface area (TPSA) is 39.2 Å². The Morgan fingerprint density at radius 1 is 1.00 bits per heavy atom. The van der Waals surface area contributed by atoms with Gasteiger partial charge in [0.15, 0.2) is 0 Å². The van der Waals surface area contributed by atoms with Crippen LogP contribution in [0.5, 0.6) is 0 Å². The molecule has 0 unspecified atom stereocenters. The van der Waals surface area contributed by atoms with Crippen LogP contribution in [0.4, 0.5) is 0 Å². The van der Waals surface area contributed by atoms with Crippen molar-refractivity contribution in [2.24, 2.45) is 0 Å². The monoisotopic (exact) mass is 349 g/mol. The lowest BCUT2D eigenvalue weighted by molar-refractivity contribution is 0.0601. The van der Waals surface area contributed by atoms with Crippen LogP contribution in [0.15, 0.2) is 24.5 Å². The Hall–Kier alpha value is -1.000. The summed E-state index contributed by atoms with van der Waals surface area (Å²) in [6.07, 6.45) is 2.81. The van der Waals surface area contributed by atoms with Crippen LogP contribution in [-0.4, -0.2) is 18.1 Å². The van der Waals surface area contributed by atoms with E-state index in [0.29, 0.717) is 16.1 Å². The van der Waals surface area contributed by atoms with Crippen molar-refractivity contribution in [3.63, 3.8) is 0 Å². The number of benzene rings is 1. The number of pyridine rings is 1. The van der Waals surface area contributed by atoms with Crippen LogP contribution in [0, 0.1) is 0 Å². The molecule has 7 heteroatoms. The number of esters is 1. The van der Waals surface area contributed by atoms with E-state index in [-0.39, 0.29) is 20.6 Å². The predicted molar refractivity (Wildman–Crippen MR) is 81.1 cm³/mol. The van der Waals surface area contributed by atoms with E-state index in [9.17, 15) is 4.79 Å². The van der Waals surface area contributed by atoms with Gasteiger partial charge >= 0.3 is 5.97 Å². The van der Waals surface area contributed by atoms with Crippen molar-refractivity contribution in [1.82, 2.24) is 4.98 Å². The van der Waals surface area contributed by atoms with Gasteiger partial charge in [0, 0.05) is 23.5 Å². The zero-order chi connectivity index (χ0) is 14.9. The van der Waals surface area contributed by atoms with Gasteiger partial charge < -0.3 is 4.74 Å². The smallest absolute Gasteiger partial charge is 0.340 e. The molecule has 104 valence electrons. The molecule has 0 saturated carbocycles. The van der Waals surface area contributed by atoms with E-state index in [1.54, 1.807) is 12.1 Å². The molecule has 0 aliphatic heterocycles. The fourth-order valence-electron chi connectivity index (χ4n) is 1.68. The molecule has 0 fully saturated rings. The fourth-order valence-corrected chi connectivity index (χ4v) is 2.56. The zero-order valence-electron chi connectivity index (χ0n) is 10.1. The third-order valence-electron chi connectivity index (χ3n) is 2.61. The Kier molecular flexibility index (Phi) is 4.76. The van der Waals surface area contributed by atoms with Crippen molar-refractivity contribution in [2.45, 2.75) is 0 Å². The molecular formula is C13H7Cl4NO2. The lowest BCUT2D eigenvalue weighted by Gasteiger charge is -2.12. The van der Waals surface area contributed by atoms with Crippen LogP contribution in [0.3, 0.4) is 0 Å². The molecule has 0 spiro atoms. The first-order valence-corrected chi connectivity index (χ1v) is 6.84. The Balaban J connectivity index is 2.74. The van der Waals surface area contributed by atoms with Crippen molar-refractivity contribution in [2.75, 3.05) is 7.11 Å². The molecule has 0 aliphatic carbocycles. The lowest BCUT2D eigenvalue weighted by atomic mass is 10.0. The molecule has 3 nitrogen and oxygen atoms in total. The lowest BCUT2D eigenvalue weighted by Crippen LogP contribution is -2.05. The molecular weight excluding hydrogens is 344 g/mol. The van der Waals surface area contributed by atoms with Crippen LogP contribution in [0.25, 0.3) is 11.1 Å². The summed E-state index contributed by atoms with van der Waals surface area (Å²) in [5.74, 6) is -0.588. The molecule has 0 aliphatic rings. The van der Waals surface area contributed by atoms with Gasteiger partial charge in [0.1, 0.15) is 0 Å². The predicted octanol–water partition coefficient (Wildman–Crippen LogP) is 5.15. The average molecular weight is 351 g/mol. The van der Waals surface area contributed by atoms with Crippen molar-refractivity contribution in [1.29, 1.82) is 0 Å². The number of carbonyl (C=O) groups is 1. The first-order valence-electron chi connectivity index (χ1n) is 5.33. The highest BCUT2D eigenvalue weighted by atomic mass is 35.5. The molecule has 1 heterocycles. The minimum absolute atomic E-state index is 0.163. The number of hydrogen-bond acceptors (Lipinski definition) is 3. The van der Waals surface area contributed by atoms with E-state index in [1.165, 1.54) is 19.5 Å². The van der Waals surface area contributed by atoms with Crippen LogP contribution < -0.4 is 0 Å². The Labute approximate surface area is 135 Å². The molecule has 0 N–H and O–H groups in total. The number of aromatic nitrogens is 1. The number of ether oxygens (including phenoxy) is 1. The van der Waals surface area contributed by atoms with Gasteiger partial charge in [0.25, 0.3) is 0 Å². The second kappa shape index (κ2) is 6.19. The van der Waals surface area contributed by atoms with E-state index in [0.717, 1.165) is 0 Å². The largest absolute Gasteiger partial charge is 0.465 e. The van der Waals surface area contributed by atoms with Crippen molar-refractivity contribution in [3.8, 4) is 11.1 Å². The molecule has 2 rings (SSSR count). The van der Waals surface area contributed by atoms with Crippen LogP contribution in [0.2, 0.25) is 20.1 Å². The summed E-state index contributed by atoms with van der Waals surface area (Å²) in [4.78, 5) is 15.8. The summed E-state index contributed by atoms with van der Waals surface area (Å²) in [6.45, 7) is 0. The van der Waals surface area contributed by atoms with Gasteiger partial charge in [0.05, 0.1) is 32.8 Å². The van der Waals surface area contributed by atoms with E-state index in [4.69, 9.17) is 51.1 Å². The third-order valence-corrected chi connectivity index (χ3v) is 4.19. The van der Waals surface area contributed by atoms with E-state index >= 15 is 0 Å². The molecule has 0 atom stereocenters. The van der Waals surface area contributed by atoms with Gasteiger partial charge in [-0.15, -0.1) is 0 Å². The highest BCUT2D eigenvalue weighted by Crippen LogP contribution is 2.40. The average Bonchev–Trinajstić information content (AvgIpc) is 2.44. The quantitative estimate of drug-likeness (QED) is 0.555. The van der Waals surface area contributed by atoms with E-state index in [1.807, 2.05) is 0 Å². The normalized spacial score (nSPS) is 10.4. The number of halogens is 4. The summed E-state index contributed by atoms with van der Waals surface area (Å²) in [5, 5.41) is 0.890. The minimum atomic E-state index is -0.588. The minimum Gasteiger partial charge on any atom is -0.465 e. The summed E-state index contributed by atoms with van der Waals surface area (Å²) in [7, 11) is 1.26. The highest BCUT2D eigenvalue weighted by molar-refractivity contribution is 6.49. The molecule has 0 bridgehead atoms. The molecule has 1 aromatic carbocycles. The summed E-state index contributed by atoms with van der Waals surface area (Å²) in [5.41, 5.74) is 1.09. The molecule has 0 saturated heterocycles. The number of hydrogen-bond donors (Lipinski definition) is 0.